The van der Waals surface area contributed by atoms with Crippen molar-refractivity contribution in [1.29, 1.82) is 0 Å². The van der Waals surface area contributed by atoms with E-state index >= 15 is 0 Å². The van der Waals surface area contributed by atoms with Crippen LogP contribution in [0.25, 0.3) is 0 Å². The van der Waals surface area contributed by atoms with Gasteiger partial charge < -0.3 is 5.32 Å². The first-order valence-electron chi connectivity index (χ1n) is 7.32. The molecule has 0 unspecified atom stereocenters. The summed E-state index contributed by atoms with van der Waals surface area (Å²) >= 11 is 1.86. The topological polar surface area (TPSA) is 18.5 Å². The van der Waals surface area contributed by atoms with Crippen molar-refractivity contribution in [3.05, 3.63) is 22.4 Å². The molecule has 1 fully saturated rings. The third kappa shape index (κ3) is 4.28. The normalized spacial score (nSPS) is 18.1. The van der Waals surface area contributed by atoms with Gasteiger partial charge in [-0.15, -0.1) is 11.3 Å². The Hall–Kier alpha value is -0.420. The molecule has 1 aliphatic heterocycles. The second kappa shape index (κ2) is 6.84. The van der Waals surface area contributed by atoms with Crippen molar-refractivity contribution in [3.63, 3.8) is 0 Å². The van der Waals surface area contributed by atoms with E-state index in [1.807, 2.05) is 11.3 Å². The van der Waals surface area contributed by atoms with Crippen LogP contribution < -0.4 is 5.32 Å². The zero-order valence-corrected chi connectivity index (χ0v) is 13.3. The van der Waals surface area contributed by atoms with E-state index in [4.69, 9.17) is 0 Å². The maximum atomic E-state index is 3.44. The SMILES string of the molecule is CCN(Cc1cccs1)CC(C)(C)N1CCNCC1. The van der Waals surface area contributed by atoms with E-state index in [1.54, 1.807) is 0 Å². The lowest BCUT2D eigenvalue weighted by Gasteiger charge is -2.43. The summed E-state index contributed by atoms with van der Waals surface area (Å²) in [5, 5.41) is 5.61. The molecule has 1 N–H and O–H groups in total. The summed E-state index contributed by atoms with van der Waals surface area (Å²) < 4.78 is 0. The number of rotatable bonds is 6. The van der Waals surface area contributed by atoms with E-state index in [2.05, 4.69) is 53.4 Å². The Morgan fingerprint density at radius 1 is 1.37 bits per heavy atom. The third-order valence-electron chi connectivity index (χ3n) is 3.99. The molecule has 0 aliphatic carbocycles. The van der Waals surface area contributed by atoms with Gasteiger partial charge in [-0.1, -0.05) is 13.0 Å². The summed E-state index contributed by atoms with van der Waals surface area (Å²) in [6, 6.07) is 4.39. The summed E-state index contributed by atoms with van der Waals surface area (Å²) in [6.07, 6.45) is 0. The first-order valence-corrected chi connectivity index (χ1v) is 8.20. The number of hydrogen-bond acceptors (Lipinski definition) is 4. The maximum absolute atomic E-state index is 3.44. The van der Waals surface area contributed by atoms with E-state index in [-0.39, 0.29) is 5.54 Å². The molecule has 0 aromatic carbocycles. The van der Waals surface area contributed by atoms with E-state index in [1.165, 1.54) is 18.0 Å². The molecule has 19 heavy (non-hydrogen) atoms. The highest BCUT2D eigenvalue weighted by Gasteiger charge is 2.29. The molecule has 1 aromatic rings. The van der Waals surface area contributed by atoms with Crippen molar-refractivity contribution in [2.24, 2.45) is 0 Å². The molecule has 0 atom stereocenters. The molecule has 0 bridgehead atoms. The first kappa shape index (κ1) is 15.0. The Balaban J connectivity index is 1.92. The molecule has 4 heteroatoms. The van der Waals surface area contributed by atoms with Gasteiger partial charge in [-0.2, -0.15) is 0 Å². The van der Waals surface area contributed by atoms with Gasteiger partial charge in [-0.05, 0) is 31.8 Å². The second-order valence-electron chi connectivity index (χ2n) is 5.93. The standard InChI is InChI=1S/C15H27N3S/c1-4-17(12-14-6-5-11-19-14)13-15(2,3)18-9-7-16-8-10-18/h5-6,11,16H,4,7-10,12-13H2,1-3H3. The third-order valence-corrected chi connectivity index (χ3v) is 4.85. The van der Waals surface area contributed by atoms with E-state index < -0.39 is 0 Å². The first-order chi connectivity index (χ1) is 9.12. The Kier molecular flexibility index (Phi) is 5.39. The fourth-order valence-corrected chi connectivity index (χ4v) is 3.57. The number of thiophene rings is 1. The van der Waals surface area contributed by atoms with Crippen molar-refractivity contribution in [2.45, 2.75) is 32.9 Å². The number of likely N-dealkylation sites (N-methyl/N-ethyl adjacent to an activating group) is 1. The summed E-state index contributed by atoms with van der Waals surface area (Å²) in [5.41, 5.74) is 0.259. The molecule has 108 valence electrons. The summed E-state index contributed by atoms with van der Waals surface area (Å²) in [7, 11) is 0. The average Bonchev–Trinajstić information content (AvgIpc) is 2.91. The van der Waals surface area contributed by atoms with Gasteiger partial charge in [0, 0.05) is 49.7 Å². The summed E-state index contributed by atoms with van der Waals surface area (Å²) in [6.45, 7) is 15.0. The number of nitrogens with one attached hydrogen (secondary N) is 1. The molecule has 0 amide bonds. The fourth-order valence-electron chi connectivity index (χ4n) is 2.82. The lowest BCUT2D eigenvalue weighted by Crippen LogP contribution is -2.57. The largest absolute Gasteiger partial charge is 0.314 e. The smallest absolute Gasteiger partial charge is 0.0328 e. The van der Waals surface area contributed by atoms with Gasteiger partial charge in [0.05, 0.1) is 0 Å². The average molecular weight is 281 g/mol. The fraction of sp³-hybridized carbons (Fsp3) is 0.733. The minimum Gasteiger partial charge on any atom is -0.314 e. The van der Waals surface area contributed by atoms with Crippen LogP contribution in [0.5, 0.6) is 0 Å². The monoisotopic (exact) mass is 281 g/mol. The van der Waals surface area contributed by atoms with Gasteiger partial charge in [0.1, 0.15) is 0 Å². The van der Waals surface area contributed by atoms with E-state index in [0.717, 1.165) is 32.7 Å². The van der Waals surface area contributed by atoms with Crippen LogP contribution in [0.1, 0.15) is 25.6 Å². The minimum atomic E-state index is 0.259. The van der Waals surface area contributed by atoms with Crippen molar-refractivity contribution in [1.82, 2.24) is 15.1 Å². The van der Waals surface area contributed by atoms with Crippen molar-refractivity contribution in [2.75, 3.05) is 39.3 Å². The van der Waals surface area contributed by atoms with Crippen LogP contribution in [0, 0.1) is 0 Å². The quantitative estimate of drug-likeness (QED) is 0.863. The Morgan fingerprint density at radius 3 is 2.68 bits per heavy atom. The van der Waals surface area contributed by atoms with Gasteiger partial charge in [0.2, 0.25) is 0 Å². The van der Waals surface area contributed by atoms with Crippen molar-refractivity contribution in [3.8, 4) is 0 Å². The number of hydrogen-bond donors (Lipinski definition) is 1. The maximum Gasteiger partial charge on any atom is 0.0328 e. The Bertz CT molecular complexity index is 355. The molecule has 0 saturated carbocycles. The molecule has 2 rings (SSSR count). The predicted octanol–water partition coefficient (Wildman–Crippen LogP) is 2.25. The highest BCUT2D eigenvalue weighted by molar-refractivity contribution is 7.09. The predicted molar refractivity (Wildman–Crippen MR) is 83.8 cm³/mol. The Labute approximate surface area is 121 Å². The lowest BCUT2D eigenvalue weighted by molar-refractivity contribution is 0.0626. The molecule has 0 spiro atoms. The van der Waals surface area contributed by atoms with Gasteiger partial charge in [0.25, 0.3) is 0 Å². The van der Waals surface area contributed by atoms with Crippen LogP contribution in [0.4, 0.5) is 0 Å². The van der Waals surface area contributed by atoms with E-state index in [9.17, 15) is 0 Å². The molecular weight excluding hydrogens is 254 g/mol. The van der Waals surface area contributed by atoms with E-state index in [0.29, 0.717) is 0 Å². The van der Waals surface area contributed by atoms with Crippen molar-refractivity contribution >= 4 is 11.3 Å². The minimum absolute atomic E-state index is 0.259. The highest BCUT2D eigenvalue weighted by Crippen LogP contribution is 2.19. The number of piperazine rings is 1. The molecule has 0 radical (unpaired) electrons. The summed E-state index contributed by atoms with van der Waals surface area (Å²) in [5.74, 6) is 0. The molecule has 2 heterocycles. The molecule has 3 nitrogen and oxygen atoms in total. The van der Waals surface area contributed by atoms with Crippen LogP contribution in [0.15, 0.2) is 17.5 Å². The van der Waals surface area contributed by atoms with Crippen LogP contribution in [-0.2, 0) is 6.54 Å². The summed E-state index contributed by atoms with van der Waals surface area (Å²) in [4.78, 5) is 6.66. The highest BCUT2D eigenvalue weighted by atomic mass is 32.1. The number of nitrogens with zero attached hydrogens (tertiary/aromatic N) is 2. The van der Waals surface area contributed by atoms with Gasteiger partial charge in [-0.25, -0.2) is 0 Å². The molecule has 1 aliphatic rings. The van der Waals surface area contributed by atoms with Gasteiger partial charge in [-0.3, -0.25) is 9.80 Å². The second-order valence-corrected chi connectivity index (χ2v) is 6.96. The Morgan fingerprint density at radius 2 is 2.11 bits per heavy atom. The van der Waals surface area contributed by atoms with Crippen LogP contribution >= 0.6 is 11.3 Å². The molecular formula is C15H27N3S. The van der Waals surface area contributed by atoms with Crippen LogP contribution in [0.2, 0.25) is 0 Å². The van der Waals surface area contributed by atoms with Gasteiger partial charge >= 0.3 is 0 Å². The van der Waals surface area contributed by atoms with Crippen LogP contribution in [-0.4, -0.2) is 54.6 Å². The molecule has 1 saturated heterocycles. The van der Waals surface area contributed by atoms with Crippen molar-refractivity contribution < 1.29 is 0 Å². The lowest BCUT2D eigenvalue weighted by atomic mass is 10.0. The van der Waals surface area contributed by atoms with Gasteiger partial charge in [0.15, 0.2) is 0 Å². The zero-order valence-electron chi connectivity index (χ0n) is 12.5. The zero-order chi connectivity index (χ0) is 13.7. The van der Waals surface area contributed by atoms with Crippen LogP contribution in [0.3, 0.4) is 0 Å². The molecule has 1 aromatic heterocycles.